The van der Waals surface area contributed by atoms with Gasteiger partial charge in [-0.1, -0.05) is 27.2 Å². The molecule has 2 atom stereocenters. The van der Waals surface area contributed by atoms with E-state index in [0.717, 1.165) is 12.8 Å². The Hall–Kier alpha value is -0.0800. The summed E-state index contributed by atoms with van der Waals surface area (Å²) in [6.45, 7) is 7.29. The Labute approximate surface area is 101 Å². The molecule has 2 nitrogen and oxygen atoms in total. The molecule has 0 aliphatic heterocycles. The number of rotatable bonds is 5. The fraction of sp³-hybridized carbons (Fsp3) is 1.00. The van der Waals surface area contributed by atoms with Crippen molar-refractivity contribution < 1.29 is 5.11 Å². The van der Waals surface area contributed by atoms with E-state index in [9.17, 15) is 0 Å². The lowest BCUT2D eigenvalue weighted by Crippen LogP contribution is -2.38. The summed E-state index contributed by atoms with van der Waals surface area (Å²) in [6, 6.07) is 1.19. The van der Waals surface area contributed by atoms with Crippen LogP contribution in [0.2, 0.25) is 0 Å². The molecule has 0 heterocycles. The second-order valence-electron chi connectivity index (χ2n) is 6.08. The van der Waals surface area contributed by atoms with Gasteiger partial charge in [0.05, 0.1) is 0 Å². The van der Waals surface area contributed by atoms with E-state index in [2.05, 4.69) is 26.1 Å². The lowest BCUT2D eigenvalue weighted by Gasteiger charge is -2.25. The van der Waals surface area contributed by atoms with Crippen LogP contribution in [-0.4, -0.2) is 23.8 Å². The predicted molar refractivity (Wildman–Crippen MR) is 69.6 cm³/mol. The summed E-state index contributed by atoms with van der Waals surface area (Å²) >= 11 is 0. The number of aliphatic hydroxyl groups is 1. The maximum atomic E-state index is 9.00. The van der Waals surface area contributed by atoms with E-state index in [0.29, 0.717) is 24.1 Å². The highest BCUT2D eigenvalue weighted by Gasteiger charge is 2.25. The normalized spacial score (nSPS) is 27.4. The molecular formula is C14H29NO. The molecule has 96 valence electrons. The van der Waals surface area contributed by atoms with Crippen LogP contribution in [0.15, 0.2) is 0 Å². The molecule has 1 aliphatic carbocycles. The highest BCUT2D eigenvalue weighted by Crippen LogP contribution is 2.33. The van der Waals surface area contributed by atoms with Gasteiger partial charge in [0.1, 0.15) is 0 Å². The van der Waals surface area contributed by atoms with E-state index >= 15 is 0 Å². The fourth-order valence-corrected chi connectivity index (χ4v) is 2.72. The molecule has 0 spiro atoms. The number of nitrogens with one attached hydrogen (secondary N) is 1. The van der Waals surface area contributed by atoms with Gasteiger partial charge in [0.15, 0.2) is 0 Å². The van der Waals surface area contributed by atoms with Gasteiger partial charge in [-0.2, -0.15) is 0 Å². The van der Waals surface area contributed by atoms with Gasteiger partial charge in [-0.3, -0.25) is 0 Å². The second kappa shape index (κ2) is 6.61. The first-order valence-corrected chi connectivity index (χ1v) is 6.94. The molecule has 0 radical (unpaired) electrons. The third-order valence-corrected chi connectivity index (χ3v) is 4.02. The first kappa shape index (κ1) is 14.0. The zero-order valence-electron chi connectivity index (χ0n) is 11.3. The van der Waals surface area contributed by atoms with Crippen molar-refractivity contribution in [3.8, 4) is 0 Å². The molecule has 0 aromatic carbocycles. The quantitative estimate of drug-likeness (QED) is 0.707. The van der Waals surface area contributed by atoms with Crippen LogP contribution in [0.4, 0.5) is 0 Å². The van der Waals surface area contributed by atoms with Crippen LogP contribution in [0.1, 0.15) is 65.7 Å². The van der Waals surface area contributed by atoms with E-state index in [1.165, 1.54) is 32.1 Å². The SMILES string of the molecule is CCC(CCO)NC1CCCC(C)(C)CC1. The van der Waals surface area contributed by atoms with Crippen LogP contribution in [0, 0.1) is 5.41 Å². The molecule has 0 bridgehead atoms. The van der Waals surface area contributed by atoms with Gasteiger partial charge in [0.25, 0.3) is 0 Å². The lowest BCUT2D eigenvalue weighted by atomic mass is 9.85. The average Bonchev–Trinajstić information content (AvgIpc) is 2.40. The Morgan fingerprint density at radius 2 is 2.06 bits per heavy atom. The minimum atomic E-state index is 0.309. The second-order valence-corrected chi connectivity index (χ2v) is 6.08. The highest BCUT2D eigenvalue weighted by atomic mass is 16.3. The molecule has 1 saturated carbocycles. The smallest absolute Gasteiger partial charge is 0.0445 e. The summed E-state index contributed by atoms with van der Waals surface area (Å²) in [5.41, 5.74) is 0.537. The third-order valence-electron chi connectivity index (χ3n) is 4.02. The van der Waals surface area contributed by atoms with E-state index in [4.69, 9.17) is 5.11 Å². The zero-order chi connectivity index (χ0) is 12.0. The van der Waals surface area contributed by atoms with Crippen LogP contribution in [0.25, 0.3) is 0 Å². The van der Waals surface area contributed by atoms with Gasteiger partial charge in [-0.25, -0.2) is 0 Å². The van der Waals surface area contributed by atoms with Gasteiger partial charge in [-0.05, 0) is 43.9 Å². The van der Waals surface area contributed by atoms with Crippen molar-refractivity contribution in [1.82, 2.24) is 5.32 Å². The molecule has 2 heteroatoms. The van der Waals surface area contributed by atoms with Crippen LogP contribution in [0.5, 0.6) is 0 Å². The van der Waals surface area contributed by atoms with Gasteiger partial charge in [0, 0.05) is 18.7 Å². The topological polar surface area (TPSA) is 32.3 Å². The highest BCUT2D eigenvalue weighted by molar-refractivity contribution is 4.81. The minimum absolute atomic E-state index is 0.309. The average molecular weight is 227 g/mol. The van der Waals surface area contributed by atoms with Crippen molar-refractivity contribution in [2.75, 3.05) is 6.61 Å². The first-order chi connectivity index (χ1) is 7.57. The van der Waals surface area contributed by atoms with Crippen LogP contribution >= 0.6 is 0 Å². The van der Waals surface area contributed by atoms with E-state index in [-0.39, 0.29) is 0 Å². The van der Waals surface area contributed by atoms with Crippen molar-refractivity contribution in [2.45, 2.75) is 77.8 Å². The fourth-order valence-electron chi connectivity index (χ4n) is 2.72. The Morgan fingerprint density at radius 1 is 1.31 bits per heavy atom. The Bertz CT molecular complexity index is 191. The summed E-state index contributed by atoms with van der Waals surface area (Å²) < 4.78 is 0. The molecule has 1 rings (SSSR count). The molecule has 0 amide bonds. The molecule has 2 N–H and O–H groups in total. The predicted octanol–water partition coefficient (Wildman–Crippen LogP) is 3.10. The Balaban J connectivity index is 2.36. The molecular weight excluding hydrogens is 198 g/mol. The third kappa shape index (κ3) is 4.84. The summed E-state index contributed by atoms with van der Waals surface area (Å²) in [5, 5.41) is 12.7. The van der Waals surface area contributed by atoms with E-state index in [1.54, 1.807) is 0 Å². The van der Waals surface area contributed by atoms with Crippen LogP contribution < -0.4 is 5.32 Å². The van der Waals surface area contributed by atoms with Crippen molar-refractivity contribution in [3.05, 3.63) is 0 Å². The van der Waals surface area contributed by atoms with Crippen molar-refractivity contribution in [3.63, 3.8) is 0 Å². The lowest BCUT2D eigenvalue weighted by molar-refractivity contribution is 0.249. The van der Waals surface area contributed by atoms with Crippen molar-refractivity contribution in [2.24, 2.45) is 5.41 Å². The van der Waals surface area contributed by atoms with Gasteiger partial charge >= 0.3 is 0 Å². The molecule has 1 fully saturated rings. The molecule has 0 aromatic heterocycles. The van der Waals surface area contributed by atoms with Crippen molar-refractivity contribution >= 4 is 0 Å². The molecule has 2 unspecified atom stereocenters. The summed E-state index contributed by atoms with van der Waals surface area (Å²) in [7, 11) is 0. The summed E-state index contributed by atoms with van der Waals surface area (Å²) in [6.07, 6.45) is 8.68. The van der Waals surface area contributed by atoms with E-state index in [1.807, 2.05) is 0 Å². The number of hydrogen-bond donors (Lipinski definition) is 2. The summed E-state index contributed by atoms with van der Waals surface area (Å²) in [5.74, 6) is 0. The van der Waals surface area contributed by atoms with E-state index < -0.39 is 0 Å². The van der Waals surface area contributed by atoms with Crippen molar-refractivity contribution in [1.29, 1.82) is 0 Å². The molecule has 16 heavy (non-hydrogen) atoms. The summed E-state index contributed by atoms with van der Waals surface area (Å²) in [4.78, 5) is 0. The molecule has 0 aromatic rings. The van der Waals surface area contributed by atoms with Gasteiger partial charge in [-0.15, -0.1) is 0 Å². The molecule has 0 saturated heterocycles. The minimum Gasteiger partial charge on any atom is -0.396 e. The van der Waals surface area contributed by atoms with Crippen LogP contribution in [0.3, 0.4) is 0 Å². The maximum Gasteiger partial charge on any atom is 0.0445 e. The number of hydrogen-bond acceptors (Lipinski definition) is 2. The maximum absolute atomic E-state index is 9.00. The van der Waals surface area contributed by atoms with Gasteiger partial charge in [0.2, 0.25) is 0 Å². The zero-order valence-corrected chi connectivity index (χ0v) is 11.3. The van der Waals surface area contributed by atoms with Crippen LogP contribution in [-0.2, 0) is 0 Å². The monoisotopic (exact) mass is 227 g/mol. The Kier molecular flexibility index (Phi) is 5.77. The van der Waals surface area contributed by atoms with Gasteiger partial charge < -0.3 is 10.4 Å². The largest absolute Gasteiger partial charge is 0.396 e. The number of aliphatic hydroxyl groups excluding tert-OH is 1. The first-order valence-electron chi connectivity index (χ1n) is 6.94. The standard InChI is InChI=1S/C14H29NO/c1-4-12(8-11-16)15-13-6-5-9-14(2,3)10-7-13/h12-13,15-16H,4-11H2,1-3H3. The molecule has 1 aliphatic rings. The Morgan fingerprint density at radius 3 is 2.69 bits per heavy atom.